The minimum atomic E-state index is -0.799. The van der Waals surface area contributed by atoms with Gasteiger partial charge in [-0.05, 0) is 76.3 Å². The molecule has 1 amide bonds. The first-order valence-corrected chi connectivity index (χ1v) is 10.5. The highest BCUT2D eigenvalue weighted by atomic mass is 16.4. The maximum absolute atomic E-state index is 12.3. The van der Waals surface area contributed by atoms with Crippen LogP contribution in [0, 0.1) is 5.92 Å². The van der Waals surface area contributed by atoms with Crippen LogP contribution in [0.4, 0.5) is 0 Å². The summed E-state index contributed by atoms with van der Waals surface area (Å²) in [6, 6.07) is 4.66. The number of carbonyl (C=O) groups excluding carboxylic acids is 1. The number of pyridine rings is 1. The molecule has 2 aliphatic heterocycles. The summed E-state index contributed by atoms with van der Waals surface area (Å²) in [7, 11) is 0. The van der Waals surface area contributed by atoms with Crippen LogP contribution in [0.5, 0.6) is 0 Å². The SMILES string of the molecule is O=C(O)CN1CCC(C(=O)NCCCCN2CCC[C@H]2c2cccnc2)CC1. The normalized spacial score (nSPS) is 21.6. The summed E-state index contributed by atoms with van der Waals surface area (Å²) in [5, 5.41) is 11.9. The zero-order valence-corrected chi connectivity index (χ0v) is 16.6. The summed E-state index contributed by atoms with van der Waals surface area (Å²) in [6.07, 6.45) is 9.79. The molecule has 0 unspecified atom stereocenters. The highest BCUT2D eigenvalue weighted by Gasteiger charge is 2.26. The Hall–Kier alpha value is -1.99. The second-order valence-corrected chi connectivity index (χ2v) is 7.92. The average Bonchev–Trinajstić information content (AvgIpc) is 3.17. The number of nitrogens with one attached hydrogen (secondary N) is 1. The molecule has 1 atom stereocenters. The van der Waals surface area contributed by atoms with Crippen LogP contribution >= 0.6 is 0 Å². The van der Waals surface area contributed by atoms with E-state index in [-0.39, 0.29) is 18.4 Å². The van der Waals surface area contributed by atoms with Crippen LogP contribution in [0.2, 0.25) is 0 Å². The number of aromatic nitrogens is 1. The van der Waals surface area contributed by atoms with Crippen molar-refractivity contribution in [2.75, 3.05) is 39.3 Å². The molecule has 28 heavy (non-hydrogen) atoms. The van der Waals surface area contributed by atoms with Gasteiger partial charge in [0.15, 0.2) is 0 Å². The van der Waals surface area contributed by atoms with Crippen molar-refractivity contribution in [1.29, 1.82) is 0 Å². The van der Waals surface area contributed by atoms with Crippen molar-refractivity contribution in [1.82, 2.24) is 20.1 Å². The minimum Gasteiger partial charge on any atom is -0.480 e. The molecule has 2 saturated heterocycles. The molecule has 3 heterocycles. The Morgan fingerprint density at radius 1 is 1.18 bits per heavy atom. The lowest BCUT2D eigenvalue weighted by molar-refractivity contribution is -0.138. The Balaban J connectivity index is 1.30. The molecule has 0 radical (unpaired) electrons. The number of carboxylic acids is 1. The van der Waals surface area contributed by atoms with Crippen LogP contribution in [0.25, 0.3) is 0 Å². The molecule has 154 valence electrons. The average molecular weight is 389 g/mol. The van der Waals surface area contributed by atoms with Crippen LogP contribution in [0.1, 0.15) is 50.1 Å². The molecule has 2 aliphatic rings. The number of aliphatic carboxylic acids is 1. The van der Waals surface area contributed by atoms with E-state index in [1.54, 1.807) is 0 Å². The monoisotopic (exact) mass is 388 g/mol. The topological polar surface area (TPSA) is 85.8 Å². The number of hydrogen-bond donors (Lipinski definition) is 2. The molecule has 1 aromatic rings. The zero-order valence-electron chi connectivity index (χ0n) is 16.6. The fourth-order valence-corrected chi connectivity index (χ4v) is 4.38. The van der Waals surface area contributed by atoms with Gasteiger partial charge in [-0.25, -0.2) is 0 Å². The second-order valence-electron chi connectivity index (χ2n) is 7.92. The van der Waals surface area contributed by atoms with E-state index in [9.17, 15) is 9.59 Å². The summed E-state index contributed by atoms with van der Waals surface area (Å²) in [4.78, 5) is 31.8. The molecule has 0 aromatic carbocycles. The van der Waals surface area contributed by atoms with Gasteiger partial charge in [-0.1, -0.05) is 6.07 Å². The number of rotatable bonds is 9. The van der Waals surface area contributed by atoms with Gasteiger partial charge in [0.1, 0.15) is 0 Å². The van der Waals surface area contributed by atoms with Gasteiger partial charge < -0.3 is 10.4 Å². The summed E-state index contributed by atoms with van der Waals surface area (Å²) < 4.78 is 0. The number of carbonyl (C=O) groups is 2. The maximum atomic E-state index is 12.3. The molecule has 1 aromatic heterocycles. The molecule has 7 heteroatoms. The molecule has 2 fully saturated rings. The molecule has 3 rings (SSSR count). The van der Waals surface area contributed by atoms with Crippen molar-refractivity contribution < 1.29 is 14.7 Å². The quantitative estimate of drug-likeness (QED) is 0.629. The molecule has 0 bridgehead atoms. The van der Waals surface area contributed by atoms with E-state index >= 15 is 0 Å². The number of likely N-dealkylation sites (tertiary alicyclic amines) is 2. The fraction of sp³-hybridized carbons (Fsp3) is 0.667. The molecule has 0 spiro atoms. The Kier molecular flexibility index (Phi) is 7.80. The third-order valence-electron chi connectivity index (χ3n) is 5.92. The van der Waals surface area contributed by atoms with Crippen molar-refractivity contribution in [2.45, 2.75) is 44.6 Å². The highest BCUT2D eigenvalue weighted by molar-refractivity contribution is 5.78. The van der Waals surface area contributed by atoms with Gasteiger partial charge >= 0.3 is 5.97 Å². The van der Waals surface area contributed by atoms with Gasteiger partial charge in [-0.3, -0.25) is 24.4 Å². The predicted octanol–water partition coefficient (Wildman–Crippen LogP) is 1.91. The van der Waals surface area contributed by atoms with Gasteiger partial charge in [0.05, 0.1) is 6.54 Å². The van der Waals surface area contributed by atoms with Crippen molar-refractivity contribution in [3.63, 3.8) is 0 Å². The van der Waals surface area contributed by atoms with Crippen LogP contribution < -0.4 is 5.32 Å². The van der Waals surface area contributed by atoms with Gasteiger partial charge in [-0.2, -0.15) is 0 Å². The largest absolute Gasteiger partial charge is 0.480 e. The van der Waals surface area contributed by atoms with Crippen molar-refractivity contribution >= 4 is 11.9 Å². The van der Waals surface area contributed by atoms with E-state index in [0.717, 1.165) is 45.3 Å². The summed E-state index contributed by atoms with van der Waals surface area (Å²) in [5.41, 5.74) is 1.31. The van der Waals surface area contributed by atoms with E-state index < -0.39 is 5.97 Å². The van der Waals surface area contributed by atoms with Crippen molar-refractivity contribution in [3.8, 4) is 0 Å². The summed E-state index contributed by atoms with van der Waals surface area (Å²) >= 11 is 0. The van der Waals surface area contributed by atoms with E-state index in [1.165, 1.54) is 18.4 Å². The van der Waals surface area contributed by atoms with E-state index in [1.807, 2.05) is 23.4 Å². The number of carboxylic acid groups (broad SMARTS) is 1. The first-order valence-electron chi connectivity index (χ1n) is 10.5. The molecule has 0 aliphatic carbocycles. The Morgan fingerprint density at radius 3 is 2.71 bits per heavy atom. The molecular formula is C21H32N4O3. The lowest BCUT2D eigenvalue weighted by atomic mass is 9.96. The van der Waals surface area contributed by atoms with Gasteiger partial charge in [-0.15, -0.1) is 0 Å². The van der Waals surface area contributed by atoms with E-state index in [4.69, 9.17) is 5.11 Å². The molecule has 0 saturated carbocycles. The van der Waals surface area contributed by atoms with Crippen LogP contribution in [0.15, 0.2) is 24.5 Å². The minimum absolute atomic E-state index is 0.0265. The smallest absolute Gasteiger partial charge is 0.317 e. The first-order chi connectivity index (χ1) is 13.6. The number of piperidine rings is 1. The van der Waals surface area contributed by atoms with Gasteiger partial charge in [0, 0.05) is 30.9 Å². The van der Waals surface area contributed by atoms with Gasteiger partial charge in [0.25, 0.3) is 0 Å². The lowest BCUT2D eigenvalue weighted by Gasteiger charge is -2.30. The molecule has 7 nitrogen and oxygen atoms in total. The Morgan fingerprint density at radius 2 is 2.00 bits per heavy atom. The Labute approximate surface area is 167 Å². The third-order valence-corrected chi connectivity index (χ3v) is 5.92. The zero-order chi connectivity index (χ0) is 19.8. The van der Waals surface area contributed by atoms with Crippen molar-refractivity contribution in [2.24, 2.45) is 5.92 Å². The predicted molar refractivity (Wildman–Crippen MR) is 107 cm³/mol. The molecular weight excluding hydrogens is 356 g/mol. The number of hydrogen-bond acceptors (Lipinski definition) is 5. The first kappa shape index (κ1) is 20.7. The van der Waals surface area contributed by atoms with Gasteiger partial charge in [0.2, 0.25) is 5.91 Å². The summed E-state index contributed by atoms with van der Waals surface area (Å²) in [6.45, 7) is 4.37. The maximum Gasteiger partial charge on any atom is 0.317 e. The summed E-state index contributed by atoms with van der Waals surface area (Å²) in [5.74, 6) is -0.644. The third kappa shape index (κ3) is 6.01. The van der Waals surface area contributed by atoms with Crippen LogP contribution in [-0.4, -0.2) is 71.0 Å². The molecule has 2 N–H and O–H groups in total. The second kappa shape index (κ2) is 10.5. The number of nitrogens with zero attached hydrogens (tertiary/aromatic N) is 3. The van der Waals surface area contributed by atoms with Crippen LogP contribution in [0.3, 0.4) is 0 Å². The number of unbranched alkanes of at least 4 members (excludes halogenated alkanes) is 1. The standard InChI is InChI=1S/C21H32N4O3/c26-20(27)16-24-13-7-17(8-14-24)21(28)23-10-1-2-11-25-12-4-6-19(25)18-5-3-9-22-15-18/h3,5,9,15,17,19H,1-2,4,6-8,10-14,16H2,(H,23,28)(H,26,27)/t19-/m0/s1. The highest BCUT2D eigenvalue weighted by Crippen LogP contribution is 2.31. The van der Waals surface area contributed by atoms with E-state index in [2.05, 4.69) is 21.3 Å². The lowest BCUT2D eigenvalue weighted by Crippen LogP contribution is -2.42. The van der Waals surface area contributed by atoms with E-state index in [0.29, 0.717) is 19.1 Å². The Bertz CT molecular complexity index is 632. The van der Waals surface area contributed by atoms with Crippen molar-refractivity contribution in [3.05, 3.63) is 30.1 Å². The number of amides is 1. The fourth-order valence-electron chi connectivity index (χ4n) is 4.38. The van der Waals surface area contributed by atoms with Crippen LogP contribution in [-0.2, 0) is 9.59 Å².